The van der Waals surface area contributed by atoms with Crippen molar-refractivity contribution in [3.05, 3.63) is 51.4 Å². The van der Waals surface area contributed by atoms with Gasteiger partial charge in [0.15, 0.2) is 0 Å². The van der Waals surface area contributed by atoms with Gasteiger partial charge in [0, 0.05) is 0 Å². The number of aliphatic carboxylic acids is 1. The van der Waals surface area contributed by atoms with Crippen LogP contribution in [-0.2, 0) is 16.2 Å². The number of aliphatic hydroxyl groups excluding tert-OH is 1. The molecular formula is C19H25NO4S. The second kappa shape index (κ2) is 9.44. The predicted octanol–water partition coefficient (Wildman–Crippen LogP) is 3.14. The van der Waals surface area contributed by atoms with Crippen LogP contribution in [0.25, 0.3) is 6.08 Å². The monoisotopic (exact) mass is 363 g/mol. The minimum absolute atomic E-state index is 0.0760. The number of hydrogen-bond acceptors (Lipinski definition) is 4. The summed E-state index contributed by atoms with van der Waals surface area (Å²) in [7, 11) is 0. The number of rotatable bonds is 4. The highest BCUT2D eigenvalue weighted by atomic mass is 32.1. The van der Waals surface area contributed by atoms with E-state index in [4.69, 9.17) is 4.79 Å². The van der Waals surface area contributed by atoms with Crippen LogP contribution in [0.1, 0.15) is 44.2 Å². The number of carbonyl (C=O) groups excluding carboxylic acids is 1. The first kappa shape index (κ1) is 21.0. The molecule has 25 heavy (non-hydrogen) atoms. The highest BCUT2D eigenvalue weighted by Gasteiger charge is 2.29. The van der Waals surface area contributed by atoms with E-state index in [9.17, 15) is 15.0 Å². The van der Waals surface area contributed by atoms with Crippen molar-refractivity contribution in [2.75, 3.05) is 0 Å². The summed E-state index contributed by atoms with van der Waals surface area (Å²) in [5.41, 5.74) is 6.78. The van der Waals surface area contributed by atoms with E-state index in [0.29, 0.717) is 6.42 Å². The summed E-state index contributed by atoms with van der Waals surface area (Å²) in [5.74, 6) is -0.952. The first-order valence-electron chi connectivity index (χ1n) is 7.96. The number of carbonyl (C=O) groups is 2. The zero-order chi connectivity index (χ0) is 19.0. The van der Waals surface area contributed by atoms with Crippen LogP contribution in [0.5, 0.6) is 0 Å². The zero-order valence-corrected chi connectivity index (χ0v) is 15.4. The lowest BCUT2D eigenvalue weighted by Crippen LogP contribution is -2.20. The molecule has 0 atom stereocenters. The molecule has 0 fully saturated rings. The number of nitrogens with two attached hydrogens (primary N) is 1. The summed E-state index contributed by atoms with van der Waals surface area (Å²) in [6.45, 7) is 4.18. The van der Waals surface area contributed by atoms with Gasteiger partial charge in [0.25, 0.3) is 0 Å². The van der Waals surface area contributed by atoms with Gasteiger partial charge in [-0.15, -0.1) is 12.6 Å². The Morgan fingerprint density at radius 2 is 1.96 bits per heavy atom. The standard InChI is InChI=1S/C18H22O3S.CH3NO/c1-18(2)8-7-16(22)15(10-18)14(17(20)21)9-12-5-3-4-6-13(12)11-19;2-1-3/h3-6,9,19,22H,7-8,10-11H2,1-2H3,(H,20,21);1H,(H2,2,3)/b14-9-;. The van der Waals surface area contributed by atoms with Gasteiger partial charge in [-0.3, -0.25) is 4.79 Å². The van der Waals surface area contributed by atoms with Gasteiger partial charge in [-0.1, -0.05) is 38.1 Å². The Balaban J connectivity index is 0.000000970. The molecular weight excluding hydrogens is 338 g/mol. The van der Waals surface area contributed by atoms with Crippen molar-refractivity contribution in [2.24, 2.45) is 11.1 Å². The van der Waals surface area contributed by atoms with Crippen molar-refractivity contribution in [1.82, 2.24) is 0 Å². The van der Waals surface area contributed by atoms with Gasteiger partial charge < -0.3 is 15.9 Å². The molecule has 0 unspecified atom stereocenters. The molecule has 0 saturated heterocycles. The van der Waals surface area contributed by atoms with E-state index in [1.807, 2.05) is 18.2 Å². The predicted molar refractivity (Wildman–Crippen MR) is 102 cm³/mol. The van der Waals surface area contributed by atoms with Crippen LogP contribution >= 0.6 is 12.6 Å². The molecule has 0 aliphatic heterocycles. The summed E-state index contributed by atoms with van der Waals surface area (Å²) in [4.78, 5) is 21.2. The average molecular weight is 363 g/mol. The van der Waals surface area contributed by atoms with Gasteiger partial charge in [0.2, 0.25) is 6.41 Å². The van der Waals surface area contributed by atoms with Crippen LogP contribution in [0.2, 0.25) is 0 Å². The maximum Gasteiger partial charge on any atom is 0.336 e. The molecule has 1 amide bonds. The molecule has 0 spiro atoms. The number of primary amides is 1. The molecule has 1 aromatic carbocycles. The fourth-order valence-electron chi connectivity index (χ4n) is 2.78. The van der Waals surface area contributed by atoms with Gasteiger partial charge >= 0.3 is 5.97 Å². The van der Waals surface area contributed by atoms with Gasteiger partial charge in [0.1, 0.15) is 0 Å². The number of amides is 1. The second-order valence-electron chi connectivity index (χ2n) is 6.62. The Hall–Kier alpha value is -2.05. The highest BCUT2D eigenvalue weighted by molar-refractivity contribution is 7.84. The molecule has 6 heteroatoms. The third-order valence-corrected chi connectivity index (χ3v) is 4.62. The lowest BCUT2D eigenvalue weighted by atomic mass is 9.75. The minimum atomic E-state index is -0.952. The van der Waals surface area contributed by atoms with Crippen molar-refractivity contribution >= 4 is 31.1 Å². The summed E-state index contributed by atoms with van der Waals surface area (Å²) < 4.78 is 0. The molecule has 0 saturated carbocycles. The van der Waals surface area contributed by atoms with Crippen molar-refractivity contribution < 1.29 is 19.8 Å². The van der Waals surface area contributed by atoms with E-state index in [-0.39, 0.29) is 24.0 Å². The topological polar surface area (TPSA) is 101 Å². The third-order valence-electron chi connectivity index (χ3n) is 4.12. The molecule has 4 N–H and O–H groups in total. The number of allylic oxidation sites excluding steroid dienone is 1. The van der Waals surface area contributed by atoms with Crippen LogP contribution < -0.4 is 5.73 Å². The Morgan fingerprint density at radius 1 is 1.36 bits per heavy atom. The number of carboxylic acid groups (broad SMARTS) is 1. The van der Waals surface area contributed by atoms with Crippen molar-refractivity contribution in [2.45, 2.75) is 39.7 Å². The van der Waals surface area contributed by atoms with Gasteiger partial charge in [-0.25, -0.2) is 4.79 Å². The first-order valence-corrected chi connectivity index (χ1v) is 8.41. The Bertz CT molecular complexity index is 692. The van der Waals surface area contributed by atoms with Crippen LogP contribution in [0.3, 0.4) is 0 Å². The fourth-order valence-corrected chi connectivity index (χ4v) is 3.09. The molecule has 5 nitrogen and oxygen atoms in total. The molecule has 0 heterocycles. The summed E-state index contributed by atoms with van der Waals surface area (Å²) in [6, 6.07) is 7.29. The number of hydrogen-bond donors (Lipinski definition) is 4. The summed E-state index contributed by atoms with van der Waals surface area (Å²) in [5, 5.41) is 19.1. The quantitative estimate of drug-likeness (QED) is 0.375. The van der Waals surface area contributed by atoms with Crippen molar-refractivity contribution in [3.8, 4) is 0 Å². The normalized spacial score (nSPS) is 16.7. The zero-order valence-electron chi connectivity index (χ0n) is 14.5. The number of thiol groups is 1. The SMILES string of the molecule is CC1(C)CCC(S)=C(/C(=C/c2ccccc2CO)C(=O)O)C1.NC=O. The largest absolute Gasteiger partial charge is 0.478 e. The average Bonchev–Trinajstić information content (AvgIpc) is 2.56. The van der Waals surface area contributed by atoms with E-state index < -0.39 is 5.97 Å². The molecule has 0 aromatic heterocycles. The maximum atomic E-state index is 11.8. The Kier molecular flexibility index (Phi) is 7.93. The van der Waals surface area contributed by atoms with Crippen molar-refractivity contribution in [1.29, 1.82) is 0 Å². The van der Waals surface area contributed by atoms with Crippen LogP contribution in [0.4, 0.5) is 0 Å². The Labute approximate surface area is 153 Å². The molecule has 0 bridgehead atoms. The minimum Gasteiger partial charge on any atom is -0.478 e. The molecule has 2 rings (SSSR count). The van der Waals surface area contributed by atoms with E-state index in [0.717, 1.165) is 34.4 Å². The van der Waals surface area contributed by atoms with E-state index in [1.54, 1.807) is 12.1 Å². The van der Waals surface area contributed by atoms with Crippen LogP contribution in [0, 0.1) is 5.41 Å². The summed E-state index contributed by atoms with van der Waals surface area (Å²) in [6.07, 6.45) is 4.42. The van der Waals surface area contributed by atoms with Gasteiger partial charge in [-0.05, 0) is 52.4 Å². The van der Waals surface area contributed by atoms with Gasteiger partial charge in [0.05, 0.1) is 12.2 Å². The number of benzene rings is 1. The number of carboxylic acids is 1. The lowest BCUT2D eigenvalue weighted by Gasteiger charge is -2.32. The summed E-state index contributed by atoms with van der Waals surface area (Å²) >= 11 is 4.51. The third kappa shape index (κ3) is 6.07. The molecule has 1 aliphatic rings. The maximum absolute atomic E-state index is 11.8. The molecule has 136 valence electrons. The van der Waals surface area contributed by atoms with Crippen molar-refractivity contribution in [3.63, 3.8) is 0 Å². The van der Waals surface area contributed by atoms with E-state index in [2.05, 4.69) is 32.2 Å². The lowest BCUT2D eigenvalue weighted by molar-refractivity contribution is -0.132. The van der Waals surface area contributed by atoms with E-state index in [1.165, 1.54) is 0 Å². The van der Waals surface area contributed by atoms with Gasteiger partial charge in [-0.2, -0.15) is 0 Å². The van der Waals surface area contributed by atoms with Crippen LogP contribution in [-0.4, -0.2) is 22.6 Å². The molecule has 1 aliphatic carbocycles. The van der Waals surface area contributed by atoms with E-state index >= 15 is 0 Å². The molecule has 0 radical (unpaired) electrons. The van der Waals surface area contributed by atoms with Crippen LogP contribution in [0.15, 0.2) is 40.3 Å². The number of aliphatic hydroxyl groups is 1. The smallest absolute Gasteiger partial charge is 0.336 e. The Morgan fingerprint density at radius 3 is 2.52 bits per heavy atom. The molecule has 1 aromatic rings. The highest BCUT2D eigenvalue weighted by Crippen LogP contribution is 2.43. The fraction of sp³-hybridized carbons (Fsp3) is 0.368. The first-order chi connectivity index (χ1) is 11.8. The second-order valence-corrected chi connectivity index (χ2v) is 7.16.